The second-order valence-corrected chi connectivity index (χ2v) is 7.65. The van der Waals surface area contributed by atoms with Gasteiger partial charge in [0.1, 0.15) is 5.82 Å². The molecule has 0 spiro atoms. The fraction of sp³-hybridized carbons (Fsp3) is 0.292. The predicted molar refractivity (Wildman–Crippen MR) is 115 cm³/mol. The van der Waals surface area contributed by atoms with Gasteiger partial charge in [-0.15, -0.1) is 0 Å². The van der Waals surface area contributed by atoms with E-state index < -0.39 is 0 Å². The number of rotatable bonds is 5. The highest BCUT2D eigenvalue weighted by molar-refractivity contribution is 5.93. The molecule has 2 N–H and O–H groups in total. The van der Waals surface area contributed by atoms with Gasteiger partial charge in [-0.1, -0.05) is 43.3 Å². The van der Waals surface area contributed by atoms with Crippen molar-refractivity contribution in [3.8, 4) is 0 Å². The number of carbonyl (C=O) groups excluding carboxylic acids is 1. The zero-order chi connectivity index (χ0) is 20.2. The molecule has 0 saturated carbocycles. The van der Waals surface area contributed by atoms with Crippen LogP contribution in [0.3, 0.4) is 0 Å². The Hall–Kier alpha value is -3.08. The molecule has 0 fully saturated rings. The average Bonchev–Trinajstić information content (AvgIpc) is 3.17. The smallest absolute Gasteiger partial charge is 0.317 e. The van der Waals surface area contributed by atoms with Gasteiger partial charge in [-0.25, -0.2) is 9.18 Å². The normalized spacial score (nSPS) is 15.2. The molecule has 0 bridgehead atoms. The summed E-state index contributed by atoms with van der Waals surface area (Å²) >= 11 is 0. The minimum atomic E-state index is -0.243. The Bertz CT molecular complexity index is 1030. The van der Waals surface area contributed by atoms with E-state index in [9.17, 15) is 9.18 Å². The number of hydrogen-bond donors (Lipinski definition) is 2. The maximum absolute atomic E-state index is 13.4. The van der Waals surface area contributed by atoms with Crippen LogP contribution in [0.15, 0.2) is 60.8 Å². The van der Waals surface area contributed by atoms with Crippen LogP contribution in [-0.4, -0.2) is 35.5 Å². The summed E-state index contributed by atoms with van der Waals surface area (Å²) in [5.74, 6) is 0.170. The molecule has 29 heavy (non-hydrogen) atoms. The molecule has 2 amide bonds. The van der Waals surface area contributed by atoms with Crippen molar-refractivity contribution in [2.45, 2.75) is 25.7 Å². The molecule has 5 heteroatoms. The molecular formula is C24H26FN3O. The monoisotopic (exact) mass is 391 g/mol. The van der Waals surface area contributed by atoms with Gasteiger partial charge >= 0.3 is 6.03 Å². The number of urea groups is 1. The molecule has 1 aliphatic rings. The zero-order valence-corrected chi connectivity index (χ0v) is 16.6. The van der Waals surface area contributed by atoms with Gasteiger partial charge in [-0.2, -0.15) is 0 Å². The summed E-state index contributed by atoms with van der Waals surface area (Å²) in [6.07, 6.45) is 5.73. The summed E-state index contributed by atoms with van der Waals surface area (Å²) in [5.41, 5.74) is 4.39. The van der Waals surface area contributed by atoms with Gasteiger partial charge in [0.05, 0.1) is 0 Å². The number of benzene rings is 2. The van der Waals surface area contributed by atoms with E-state index in [1.54, 1.807) is 0 Å². The van der Waals surface area contributed by atoms with Crippen molar-refractivity contribution >= 4 is 22.5 Å². The van der Waals surface area contributed by atoms with Crippen LogP contribution >= 0.6 is 0 Å². The molecular weight excluding hydrogens is 365 g/mol. The van der Waals surface area contributed by atoms with E-state index in [1.165, 1.54) is 23.3 Å². The number of fused-ring (bicyclic) bond motifs is 1. The molecule has 1 unspecified atom stereocenters. The van der Waals surface area contributed by atoms with Crippen molar-refractivity contribution in [1.29, 1.82) is 0 Å². The first-order chi connectivity index (χ1) is 14.1. The SMILES string of the molecule is CC(CCNC(=O)N1CC=C(c2c[nH]c3cc(F)ccc23)CC1)c1ccccc1. The number of nitrogens with one attached hydrogen (secondary N) is 2. The summed E-state index contributed by atoms with van der Waals surface area (Å²) in [7, 11) is 0. The Labute approximate surface area is 170 Å². The third kappa shape index (κ3) is 4.34. The molecule has 4 nitrogen and oxygen atoms in total. The molecule has 150 valence electrons. The molecule has 3 aromatic rings. The van der Waals surface area contributed by atoms with Gasteiger partial charge in [0.15, 0.2) is 0 Å². The lowest BCUT2D eigenvalue weighted by Gasteiger charge is -2.27. The quantitative estimate of drug-likeness (QED) is 0.609. The Morgan fingerprint density at radius 2 is 2.07 bits per heavy atom. The maximum Gasteiger partial charge on any atom is 0.317 e. The lowest BCUT2D eigenvalue weighted by molar-refractivity contribution is 0.203. The fourth-order valence-electron chi connectivity index (χ4n) is 3.92. The van der Waals surface area contributed by atoms with Crippen molar-refractivity contribution in [3.05, 3.63) is 77.7 Å². The molecule has 2 aromatic carbocycles. The van der Waals surface area contributed by atoms with Crippen LogP contribution in [0.25, 0.3) is 16.5 Å². The first-order valence-electron chi connectivity index (χ1n) is 10.2. The summed E-state index contributed by atoms with van der Waals surface area (Å²) in [5, 5.41) is 4.07. The van der Waals surface area contributed by atoms with Gasteiger partial charge in [0, 0.05) is 42.3 Å². The van der Waals surface area contributed by atoms with Crippen molar-refractivity contribution < 1.29 is 9.18 Å². The van der Waals surface area contributed by atoms with Crippen molar-refractivity contribution in [3.63, 3.8) is 0 Å². The Morgan fingerprint density at radius 3 is 2.83 bits per heavy atom. The number of nitrogens with zero attached hydrogens (tertiary/aromatic N) is 1. The Morgan fingerprint density at radius 1 is 1.24 bits per heavy atom. The van der Waals surface area contributed by atoms with E-state index in [1.807, 2.05) is 35.4 Å². The van der Waals surface area contributed by atoms with E-state index in [2.05, 4.69) is 35.4 Å². The van der Waals surface area contributed by atoms with Gasteiger partial charge in [-0.3, -0.25) is 0 Å². The second kappa shape index (κ2) is 8.52. The standard InChI is InChI=1S/C24H26FN3O/c1-17(18-5-3-2-4-6-18)9-12-26-24(29)28-13-10-19(11-14-28)22-16-27-23-15-20(25)7-8-21(22)23/h2-8,10,15-17,27H,9,11-14H2,1H3,(H,26,29). The van der Waals surface area contributed by atoms with E-state index >= 15 is 0 Å². The van der Waals surface area contributed by atoms with E-state index in [-0.39, 0.29) is 11.8 Å². The summed E-state index contributed by atoms with van der Waals surface area (Å²) in [6.45, 7) is 4.11. The minimum absolute atomic E-state index is 0.0124. The highest BCUT2D eigenvalue weighted by Gasteiger charge is 2.19. The summed E-state index contributed by atoms with van der Waals surface area (Å²) in [6, 6.07) is 15.2. The maximum atomic E-state index is 13.4. The van der Waals surface area contributed by atoms with Crippen LogP contribution in [0, 0.1) is 5.82 Å². The van der Waals surface area contributed by atoms with E-state index in [0.717, 1.165) is 29.3 Å². The van der Waals surface area contributed by atoms with Crippen LogP contribution in [0.1, 0.15) is 36.8 Å². The molecule has 1 atom stereocenters. The number of aromatic nitrogens is 1. The first kappa shape index (κ1) is 19.2. The summed E-state index contributed by atoms with van der Waals surface area (Å²) in [4.78, 5) is 17.5. The Kier molecular flexibility index (Phi) is 5.65. The molecule has 1 aromatic heterocycles. The topological polar surface area (TPSA) is 48.1 Å². The third-order valence-electron chi connectivity index (χ3n) is 5.71. The zero-order valence-electron chi connectivity index (χ0n) is 16.6. The van der Waals surface area contributed by atoms with Crippen molar-refractivity contribution in [1.82, 2.24) is 15.2 Å². The number of H-pyrrole nitrogens is 1. The van der Waals surface area contributed by atoms with Crippen LogP contribution < -0.4 is 5.32 Å². The number of hydrogen-bond acceptors (Lipinski definition) is 1. The van der Waals surface area contributed by atoms with Crippen LogP contribution in [0.2, 0.25) is 0 Å². The third-order valence-corrected chi connectivity index (χ3v) is 5.71. The molecule has 0 saturated heterocycles. The van der Waals surface area contributed by atoms with Gasteiger partial charge < -0.3 is 15.2 Å². The van der Waals surface area contributed by atoms with Gasteiger partial charge in [0.2, 0.25) is 0 Å². The summed E-state index contributed by atoms with van der Waals surface area (Å²) < 4.78 is 13.4. The number of carbonyl (C=O) groups is 1. The molecule has 2 heterocycles. The van der Waals surface area contributed by atoms with Gasteiger partial charge in [-0.05, 0) is 48.1 Å². The molecule has 0 radical (unpaired) electrons. The number of amides is 2. The molecule has 0 aliphatic carbocycles. The average molecular weight is 391 g/mol. The number of aromatic amines is 1. The van der Waals surface area contributed by atoms with Crippen LogP contribution in [0.4, 0.5) is 9.18 Å². The highest BCUT2D eigenvalue weighted by Crippen LogP contribution is 2.29. The molecule has 4 rings (SSSR count). The van der Waals surface area contributed by atoms with Crippen LogP contribution in [-0.2, 0) is 0 Å². The number of halogens is 1. The molecule has 1 aliphatic heterocycles. The lowest BCUT2D eigenvalue weighted by Crippen LogP contribution is -2.42. The predicted octanol–water partition coefficient (Wildman–Crippen LogP) is 5.30. The fourth-order valence-corrected chi connectivity index (χ4v) is 3.92. The van der Waals surface area contributed by atoms with Crippen molar-refractivity contribution in [2.75, 3.05) is 19.6 Å². The lowest BCUT2D eigenvalue weighted by atomic mass is 9.98. The minimum Gasteiger partial charge on any atom is -0.360 e. The van der Waals surface area contributed by atoms with Gasteiger partial charge in [0.25, 0.3) is 0 Å². The van der Waals surface area contributed by atoms with E-state index in [4.69, 9.17) is 0 Å². The van der Waals surface area contributed by atoms with Crippen molar-refractivity contribution in [2.24, 2.45) is 0 Å². The highest BCUT2D eigenvalue weighted by atomic mass is 19.1. The van der Waals surface area contributed by atoms with E-state index in [0.29, 0.717) is 25.6 Å². The largest absolute Gasteiger partial charge is 0.360 e. The Balaban J connectivity index is 1.31. The van der Waals surface area contributed by atoms with Crippen LogP contribution in [0.5, 0.6) is 0 Å². The second-order valence-electron chi connectivity index (χ2n) is 7.65. The first-order valence-corrected chi connectivity index (χ1v) is 10.2.